The van der Waals surface area contributed by atoms with E-state index in [2.05, 4.69) is 20.5 Å². The summed E-state index contributed by atoms with van der Waals surface area (Å²) in [5, 5.41) is 11.0. The molecule has 7 nitrogen and oxygen atoms in total. The molecule has 0 spiro atoms. The smallest absolute Gasteiger partial charge is 0.247 e. The van der Waals surface area contributed by atoms with Gasteiger partial charge in [0.2, 0.25) is 5.95 Å². The van der Waals surface area contributed by atoms with Crippen molar-refractivity contribution in [2.75, 3.05) is 28.3 Å². The Kier molecular flexibility index (Phi) is 5.12. The SMILES string of the molecule is CCN(c1nncc(NCc2ccccc2F)n1)C1CCS(=O)(=O)C1. The molecule has 0 bridgehead atoms. The van der Waals surface area contributed by atoms with Crippen LogP contribution in [0.25, 0.3) is 0 Å². The summed E-state index contributed by atoms with van der Waals surface area (Å²) < 4.78 is 37.1. The molecule has 0 amide bonds. The van der Waals surface area contributed by atoms with Gasteiger partial charge in [0, 0.05) is 24.7 Å². The summed E-state index contributed by atoms with van der Waals surface area (Å²) in [7, 11) is -2.99. The Hall–Kier alpha value is -2.29. The molecule has 1 aliphatic heterocycles. The summed E-state index contributed by atoms with van der Waals surface area (Å²) >= 11 is 0. The fourth-order valence-corrected chi connectivity index (χ4v) is 4.64. The van der Waals surface area contributed by atoms with Gasteiger partial charge < -0.3 is 10.2 Å². The van der Waals surface area contributed by atoms with E-state index >= 15 is 0 Å². The third-order valence-electron chi connectivity index (χ3n) is 4.21. The van der Waals surface area contributed by atoms with Gasteiger partial charge in [0.05, 0.1) is 17.7 Å². The molecule has 3 rings (SSSR count). The molecular weight excluding hydrogens is 345 g/mol. The molecule has 2 aromatic rings. The van der Waals surface area contributed by atoms with Gasteiger partial charge in [-0.15, -0.1) is 5.10 Å². The molecule has 0 saturated carbocycles. The molecule has 1 unspecified atom stereocenters. The molecule has 1 aromatic carbocycles. The number of halogens is 1. The third-order valence-corrected chi connectivity index (χ3v) is 5.96. The van der Waals surface area contributed by atoms with Crippen LogP contribution in [0.2, 0.25) is 0 Å². The molecule has 25 heavy (non-hydrogen) atoms. The number of nitrogens with zero attached hydrogens (tertiary/aromatic N) is 4. The molecule has 1 atom stereocenters. The normalized spacial score (nSPS) is 18.9. The zero-order valence-electron chi connectivity index (χ0n) is 13.9. The Bertz CT molecular complexity index is 846. The molecule has 1 fully saturated rings. The van der Waals surface area contributed by atoms with Gasteiger partial charge in [-0.2, -0.15) is 10.1 Å². The van der Waals surface area contributed by atoms with Crippen LogP contribution in [-0.2, 0) is 16.4 Å². The Morgan fingerprint density at radius 2 is 2.16 bits per heavy atom. The van der Waals surface area contributed by atoms with Crippen LogP contribution >= 0.6 is 0 Å². The molecule has 1 aliphatic rings. The van der Waals surface area contributed by atoms with E-state index in [1.54, 1.807) is 18.2 Å². The van der Waals surface area contributed by atoms with E-state index in [1.807, 2.05) is 11.8 Å². The molecule has 134 valence electrons. The van der Waals surface area contributed by atoms with Crippen LogP contribution < -0.4 is 10.2 Å². The molecule has 0 aliphatic carbocycles. The first-order chi connectivity index (χ1) is 12.0. The quantitative estimate of drug-likeness (QED) is 0.832. The van der Waals surface area contributed by atoms with Crippen molar-refractivity contribution in [3.63, 3.8) is 0 Å². The zero-order chi connectivity index (χ0) is 17.9. The Labute approximate surface area is 146 Å². The second kappa shape index (κ2) is 7.30. The lowest BCUT2D eigenvalue weighted by molar-refractivity contribution is 0.598. The largest absolute Gasteiger partial charge is 0.364 e. The van der Waals surface area contributed by atoms with Gasteiger partial charge in [0.25, 0.3) is 0 Å². The monoisotopic (exact) mass is 365 g/mol. The van der Waals surface area contributed by atoms with Crippen LogP contribution in [0, 0.1) is 5.82 Å². The number of sulfone groups is 1. The number of aromatic nitrogens is 3. The van der Waals surface area contributed by atoms with Crippen molar-refractivity contribution in [1.29, 1.82) is 0 Å². The van der Waals surface area contributed by atoms with Crippen LogP contribution in [-0.4, -0.2) is 47.7 Å². The Balaban J connectivity index is 1.73. The van der Waals surface area contributed by atoms with Crippen molar-refractivity contribution in [2.45, 2.75) is 25.9 Å². The van der Waals surface area contributed by atoms with E-state index in [0.29, 0.717) is 30.3 Å². The molecule has 9 heteroatoms. The minimum absolute atomic E-state index is 0.108. The highest BCUT2D eigenvalue weighted by Crippen LogP contribution is 2.22. The van der Waals surface area contributed by atoms with Crippen molar-refractivity contribution in [3.05, 3.63) is 41.8 Å². The lowest BCUT2D eigenvalue weighted by Crippen LogP contribution is -2.37. The van der Waals surface area contributed by atoms with E-state index in [0.717, 1.165) is 0 Å². The van der Waals surface area contributed by atoms with Crippen LogP contribution in [0.4, 0.5) is 16.2 Å². The molecule has 1 saturated heterocycles. The van der Waals surface area contributed by atoms with E-state index in [1.165, 1.54) is 12.3 Å². The summed E-state index contributed by atoms with van der Waals surface area (Å²) in [6, 6.07) is 6.36. The van der Waals surface area contributed by atoms with Gasteiger partial charge in [0.15, 0.2) is 15.7 Å². The van der Waals surface area contributed by atoms with Crippen LogP contribution in [0.15, 0.2) is 30.5 Å². The van der Waals surface area contributed by atoms with Gasteiger partial charge in [-0.1, -0.05) is 18.2 Å². The fraction of sp³-hybridized carbons (Fsp3) is 0.438. The summed E-state index contributed by atoms with van der Waals surface area (Å²) in [4.78, 5) is 6.26. The van der Waals surface area contributed by atoms with Crippen molar-refractivity contribution in [1.82, 2.24) is 15.2 Å². The number of hydrogen-bond donors (Lipinski definition) is 1. The minimum atomic E-state index is -2.99. The average molecular weight is 365 g/mol. The molecule has 0 radical (unpaired) electrons. The molecule has 1 aromatic heterocycles. The second-order valence-electron chi connectivity index (χ2n) is 5.93. The highest BCUT2D eigenvalue weighted by molar-refractivity contribution is 7.91. The maximum atomic E-state index is 13.7. The molecular formula is C16H20FN5O2S. The van der Waals surface area contributed by atoms with Gasteiger partial charge in [-0.05, 0) is 19.4 Å². The van der Waals surface area contributed by atoms with E-state index in [4.69, 9.17) is 0 Å². The van der Waals surface area contributed by atoms with E-state index < -0.39 is 9.84 Å². The van der Waals surface area contributed by atoms with Crippen molar-refractivity contribution < 1.29 is 12.8 Å². The zero-order valence-corrected chi connectivity index (χ0v) is 14.7. The first-order valence-electron chi connectivity index (χ1n) is 8.12. The third kappa shape index (κ3) is 4.22. The number of anilines is 2. The lowest BCUT2D eigenvalue weighted by Gasteiger charge is -2.26. The Morgan fingerprint density at radius 3 is 2.84 bits per heavy atom. The van der Waals surface area contributed by atoms with Crippen molar-refractivity contribution in [2.24, 2.45) is 0 Å². The summed E-state index contributed by atoms with van der Waals surface area (Å²) in [5.41, 5.74) is 0.525. The predicted molar refractivity (Wildman–Crippen MR) is 93.6 cm³/mol. The van der Waals surface area contributed by atoms with Crippen molar-refractivity contribution >= 4 is 21.6 Å². The first-order valence-corrected chi connectivity index (χ1v) is 9.94. The van der Waals surface area contributed by atoms with Crippen LogP contribution in [0.3, 0.4) is 0 Å². The second-order valence-corrected chi connectivity index (χ2v) is 8.16. The number of hydrogen-bond acceptors (Lipinski definition) is 7. The highest BCUT2D eigenvalue weighted by Gasteiger charge is 2.33. The Morgan fingerprint density at radius 1 is 1.36 bits per heavy atom. The van der Waals surface area contributed by atoms with E-state index in [9.17, 15) is 12.8 Å². The molecule has 2 heterocycles. The van der Waals surface area contributed by atoms with Gasteiger partial charge in [-0.3, -0.25) is 0 Å². The summed E-state index contributed by atoms with van der Waals surface area (Å²) in [6.45, 7) is 2.78. The lowest BCUT2D eigenvalue weighted by atomic mass is 10.2. The summed E-state index contributed by atoms with van der Waals surface area (Å²) in [6.07, 6.45) is 2.02. The number of rotatable bonds is 6. The fourth-order valence-electron chi connectivity index (χ4n) is 2.91. The van der Waals surface area contributed by atoms with Gasteiger partial charge >= 0.3 is 0 Å². The van der Waals surface area contributed by atoms with Crippen LogP contribution in [0.1, 0.15) is 18.9 Å². The maximum absolute atomic E-state index is 13.7. The van der Waals surface area contributed by atoms with Crippen LogP contribution in [0.5, 0.6) is 0 Å². The predicted octanol–water partition coefficient (Wildman–Crippen LogP) is 1.64. The van der Waals surface area contributed by atoms with Crippen molar-refractivity contribution in [3.8, 4) is 0 Å². The number of benzene rings is 1. The topological polar surface area (TPSA) is 88.1 Å². The molecule has 1 N–H and O–H groups in total. The maximum Gasteiger partial charge on any atom is 0.247 e. The summed E-state index contributed by atoms with van der Waals surface area (Å²) in [5.74, 6) is 0.850. The first kappa shape index (κ1) is 17.5. The number of nitrogens with one attached hydrogen (secondary N) is 1. The highest BCUT2D eigenvalue weighted by atomic mass is 32.2. The van der Waals surface area contributed by atoms with Gasteiger partial charge in [0.1, 0.15) is 5.82 Å². The minimum Gasteiger partial charge on any atom is -0.364 e. The standard InChI is InChI=1S/C16H20FN5O2S/c1-2-22(13-7-8-25(23,24)11-13)16-20-15(10-19-21-16)18-9-12-5-3-4-6-14(12)17/h3-6,10,13H,2,7-9,11H2,1H3,(H,18,20,21). The van der Waals surface area contributed by atoms with E-state index in [-0.39, 0.29) is 29.9 Å². The van der Waals surface area contributed by atoms with Gasteiger partial charge in [-0.25, -0.2) is 12.8 Å². The average Bonchev–Trinajstić information content (AvgIpc) is 2.95.